The van der Waals surface area contributed by atoms with E-state index in [1.165, 1.54) is 5.56 Å². The Hall–Kier alpha value is -1.62. The molecule has 1 N–H and O–H groups in total. The molecule has 1 unspecified atom stereocenters. The molecular weight excluding hydrogens is 318 g/mol. The summed E-state index contributed by atoms with van der Waals surface area (Å²) in [7, 11) is 0. The third-order valence-corrected chi connectivity index (χ3v) is 3.54. The van der Waals surface area contributed by atoms with Crippen LogP contribution >= 0.6 is 15.9 Å². The zero-order valence-corrected chi connectivity index (χ0v) is 13.2. The number of nitrogens with zero attached hydrogens (tertiary/aromatic N) is 2. The topological polar surface area (TPSA) is 46.9 Å². The Morgan fingerprint density at radius 1 is 1.40 bits per heavy atom. The Morgan fingerprint density at radius 2 is 2.10 bits per heavy atom. The van der Waals surface area contributed by atoms with Gasteiger partial charge in [0, 0.05) is 6.20 Å². The standard InChI is InChI=1S/C15H18BrN3O/c1-3-14(12-6-4-11(2)5-7-12)18-15(20)10-19-9-13(16)8-17-19/h4-9,14H,3,10H2,1-2H3,(H,18,20). The second-order valence-electron chi connectivity index (χ2n) is 4.80. The van der Waals surface area contributed by atoms with Crippen LogP contribution in [0, 0.1) is 6.92 Å². The third-order valence-electron chi connectivity index (χ3n) is 3.13. The summed E-state index contributed by atoms with van der Waals surface area (Å²) in [6.07, 6.45) is 4.31. The van der Waals surface area contributed by atoms with E-state index in [1.807, 2.05) is 0 Å². The molecule has 1 aromatic carbocycles. The van der Waals surface area contributed by atoms with Gasteiger partial charge in [-0.05, 0) is 34.8 Å². The van der Waals surface area contributed by atoms with E-state index in [-0.39, 0.29) is 18.5 Å². The molecule has 0 radical (unpaired) electrons. The molecule has 0 aliphatic rings. The smallest absolute Gasteiger partial charge is 0.242 e. The van der Waals surface area contributed by atoms with E-state index < -0.39 is 0 Å². The van der Waals surface area contributed by atoms with Crippen molar-refractivity contribution in [1.82, 2.24) is 15.1 Å². The van der Waals surface area contributed by atoms with Gasteiger partial charge in [0.15, 0.2) is 0 Å². The van der Waals surface area contributed by atoms with Gasteiger partial charge in [0.2, 0.25) is 5.91 Å². The highest BCUT2D eigenvalue weighted by Gasteiger charge is 2.13. The lowest BCUT2D eigenvalue weighted by molar-refractivity contribution is -0.122. The third kappa shape index (κ3) is 3.93. The van der Waals surface area contributed by atoms with Crippen molar-refractivity contribution in [3.63, 3.8) is 0 Å². The minimum Gasteiger partial charge on any atom is -0.348 e. The maximum Gasteiger partial charge on any atom is 0.242 e. The van der Waals surface area contributed by atoms with Gasteiger partial charge in [-0.2, -0.15) is 5.10 Å². The highest BCUT2D eigenvalue weighted by molar-refractivity contribution is 9.10. The Kier molecular flexibility index (Phi) is 4.95. The van der Waals surface area contributed by atoms with Crippen molar-refractivity contribution in [2.45, 2.75) is 32.9 Å². The van der Waals surface area contributed by atoms with Crippen molar-refractivity contribution in [3.8, 4) is 0 Å². The molecule has 0 saturated carbocycles. The molecule has 0 bridgehead atoms. The molecule has 1 atom stereocenters. The van der Waals surface area contributed by atoms with E-state index in [2.05, 4.69) is 64.5 Å². The Balaban J connectivity index is 1.99. The highest BCUT2D eigenvalue weighted by atomic mass is 79.9. The quantitative estimate of drug-likeness (QED) is 0.911. The van der Waals surface area contributed by atoms with Crippen molar-refractivity contribution in [2.24, 2.45) is 0 Å². The molecule has 1 amide bonds. The number of benzene rings is 1. The van der Waals surface area contributed by atoms with Crippen molar-refractivity contribution >= 4 is 21.8 Å². The lowest BCUT2D eigenvalue weighted by atomic mass is 10.0. The van der Waals surface area contributed by atoms with E-state index in [1.54, 1.807) is 17.1 Å². The minimum atomic E-state index is -0.0342. The van der Waals surface area contributed by atoms with Crippen LogP contribution in [0.2, 0.25) is 0 Å². The van der Waals surface area contributed by atoms with Gasteiger partial charge in [-0.1, -0.05) is 36.8 Å². The van der Waals surface area contributed by atoms with Gasteiger partial charge in [-0.15, -0.1) is 0 Å². The largest absolute Gasteiger partial charge is 0.348 e. The van der Waals surface area contributed by atoms with E-state index in [0.717, 1.165) is 16.5 Å². The maximum atomic E-state index is 12.0. The maximum absolute atomic E-state index is 12.0. The first-order valence-electron chi connectivity index (χ1n) is 6.62. The molecule has 1 aromatic heterocycles. The molecule has 20 heavy (non-hydrogen) atoms. The van der Waals surface area contributed by atoms with Crippen LogP contribution in [-0.4, -0.2) is 15.7 Å². The van der Waals surface area contributed by atoms with Gasteiger partial charge < -0.3 is 5.32 Å². The Bertz CT molecular complexity index is 577. The van der Waals surface area contributed by atoms with Crippen molar-refractivity contribution in [2.75, 3.05) is 0 Å². The monoisotopic (exact) mass is 335 g/mol. The predicted octanol–water partition coefficient (Wildman–Crippen LogP) is 3.22. The summed E-state index contributed by atoms with van der Waals surface area (Å²) in [6.45, 7) is 4.35. The molecule has 2 rings (SSSR count). The van der Waals surface area contributed by atoms with Gasteiger partial charge in [0.05, 0.1) is 16.7 Å². The summed E-state index contributed by atoms with van der Waals surface area (Å²) in [5.41, 5.74) is 2.35. The number of hydrogen-bond donors (Lipinski definition) is 1. The number of aryl methyl sites for hydroxylation is 1. The fourth-order valence-electron chi connectivity index (χ4n) is 2.03. The minimum absolute atomic E-state index is 0.0342. The average Bonchev–Trinajstić information content (AvgIpc) is 2.82. The van der Waals surface area contributed by atoms with Crippen LogP contribution in [-0.2, 0) is 11.3 Å². The highest BCUT2D eigenvalue weighted by Crippen LogP contribution is 2.17. The van der Waals surface area contributed by atoms with Crippen molar-refractivity contribution < 1.29 is 4.79 Å². The zero-order valence-electron chi connectivity index (χ0n) is 11.6. The molecule has 106 valence electrons. The molecule has 0 aliphatic carbocycles. The Morgan fingerprint density at radius 3 is 2.65 bits per heavy atom. The number of amides is 1. The molecular formula is C15H18BrN3O. The first kappa shape index (κ1) is 14.8. The number of halogens is 1. The number of aromatic nitrogens is 2. The first-order valence-corrected chi connectivity index (χ1v) is 7.41. The summed E-state index contributed by atoms with van der Waals surface area (Å²) in [5, 5.41) is 7.13. The lowest BCUT2D eigenvalue weighted by Gasteiger charge is -2.17. The zero-order chi connectivity index (χ0) is 14.5. The van der Waals surface area contributed by atoms with Crippen LogP contribution in [0.25, 0.3) is 0 Å². The number of nitrogens with one attached hydrogen (secondary N) is 1. The second kappa shape index (κ2) is 6.70. The number of rotatable bonds is 5. The summed E-state index contributed by atoms with van der Waals surface area (Å²) >= 11 is 3.32. The van der Waals surface area contributed by atoms with Crippen LogP contribution in [0.3, 0.4) is 0 Å². The van der Waals surface area contributed by atoms with Crippen LogP contribution in [0.5, 0.6) is 0 Å². The normalized spacial score (nSPS) is 12.2. The molecule has 0 fully saturated rings. The van der Waals surface area contributed by atoms with E-state index in [0.29, 0.717) is 0 Å². The fraction of sp³-hybridized carbons (Fsp3) is 0.333. The van der Waals surface area contributed by atoms with E-state index in [9.17, 15) is 4.79 Å². The van der Waals surface area contributed by atoms with Crippen molar-refractivity contribution in [3.05, 3.63) is 52.3 Å². The van der Waals surface area contributed by atoms with Crippen LogP contribution in [0.15, 0.2) is 41.1 Å². The van der Waals surface area contributed by atoms with Crippen LogP contribution < -0.4 is 5.32 Å². The second-order valence-corrected chi connectivity index (χ2v) is 5.71. The molecule has 1 heterocycles. The van der Waals surface area contributed by atoms with Gasteiger partial charge in [-0.3, -0.25) is 9.48 Å². The number of carbonyl (C=O) groups is 1. The average molecular weight is 336 g/mol. The SMILES string of the molecule is CCC(NC(=O)Cn1cc(Br)cn1)c1ccc(C)cc1. The number of hydrogen-bond acceptors (Lipinski definition) is 2. The summed E-state index contributed by atoms with van der Waals surface area (Å²) < 4.78 is 2.48. The molecule has 2 aromatic rings. The molecule has 0 spiro atoms. The summed E-state index contributed by atoms with van der Waals surface area (Å²) in [6, 6.07) is 8.30. The van der Waals surface area contributed by atoms with Gasteiger partial charge in [-0.25, -0.2) is 0 Å². The lowest BCUT2D eigenvalue weighted by Crippen LogP contribution is -2.31. The van der Waals surface area contributed by atoms with E-state index >= 15 is 0 Å². The van der Waals surface area contributed by atoms with Gasteiger partial charge >= 0.3 is 0 Å². The van der Waals surface area contributed by atoms with Gasteiger partial charge in [0.25, 0.3) is 0 Å². The Labute approximate surface area is 127 Å². The van der Waals surface area contributed by atoms with Crippen molar-refractivity contribution in [1.29, 1.82) is 0 Å². The predicted molar refractivity (Wildman–Crippen MR) is 82.3 cm³/mol. The molecule has 0 saturated heterocycles. The first-order chi connectivity index (χ1) is 9.58. The fourth-order valence-corrected chi connectivity index (χ4v) is 2.36. The van der Waals surface area contributed by atoms with Crippen LogP contribution in [0.4, 0.5) is 0 Å². The molecule has 4 nitrogen and oxygen atoms in total. The van der Waals surface area contributed by atoms with Crippen LogP contribution in [0.1, 0.15) is 30.5 Å². The molecule has 0 aliphatic heterocycles. The van der Waals surface area contributed by atoms with E-state index in [4.69, 9.17) is 0 Å². The summed E-state index contributed by atoms with van der Waals surface area (Å²) in [4.78, 5) is 12.0. The molecule has 5 heteroatoms. The number of carbonyl (C=O) groups excluding carboxylic acids is 1. The van der Waals surface area contributed by atoms with Gasteiger partial charge in [0.1, 0.15) is 6.54 Å². The summed E-state index contributed by atoms with van der Waals surface area (Å²) in [5.74, 6) is -0.0342.